The summed E-state index contributed by atoms with van der Waals surface area (Å²) >= 11 is 0. The minimum Gasteiger partial charge on any atom is -0.328 e. The van der Waals surface area contributed by atoms with Gasteiger partial charge in [-0.15, -0.1) is 0 Å². The van der Waals surface area contributed by atoms with Gasteiger partial charge in [0.05, 0.1) is 0 Å². The number of fused-ring (bicyclic) bond motifs is 1. The summed E-state index contributed by atoms with van der Waals surface area (Å²) in [5.74, 6) is 0.186. The highest BCUT2D eigenvalue weighted by atomic mass is 16.1. The number of hydrogen-bond donors (Lipinski definition) is 0. The van der Waals surface area contributed by atoms with Crippen molar-refractivity contribution < 1.29 is 4.79 Å². The molecule has 0 atom stereocenters. The Balaban J connectivity index is 1.50. The zero-order valence-corrected chi connectivity index (χ0v) is 16.9. The molecule has 2 aliphatic rings. The molecule has 0 saturated carbocycles. The molecule has 146 valence electrons. The van der Waals surface area contributed by atoms with Crippen molar-refractivity contribution in [2.24, 2.45) is 0 Å². The van der Waals surface area contributed by atoms with Crippen molar-refractivity contribution in [3.8, 4) is 0 Å². The molecule has 0 fully saturated rings. The fourth-order valence-corrected chi connectivity index (χ4v) is 4.20. The van der Waals surface area contributed by atoms with Gasteiger partial charge in [-0.25, -0.2) is 4.98 Å². The molecule has 0 saturated heterocycles. The summed E-state index contributed by atoms with van der Waals surface area (Å²) in [5.41, 5.74) is 6.00. The van der Waals surface area contributed by atoms with Crippen LogP contribution in [-0.2, 0) is 11.3 Å². The first-order valence-electron chi connectivity index (χ1n) is 10.4. The van der Waals surface area contributed by atoms with Gasteiger partial charge >= 0.3 is 0 Å². The maximum Gasteiger partial charge on any atom is 0.155 e. The second kappa shape index (κ2) is 8.27. The summed E-state index contributed by atoms with van der Waals surface area (Å²) in [7, 11) is 0. The highest BCUT2D eigenvalue weighted by Crippen LogP contribution is 2.26. The van der Waals surface area contributed by atoms with Gasteiger partial charge in [-0.1, -0.05) is 30.7 Å². The smallest absolute Gasteiger partial charge is 0.155 e. The Hall–Kier alpha value is -2.46. The van der Waals surface area contributed by atoms with Crippen LogP contribution in [0.3, 0.4) is 0 Å². The average Bonchev–Trinajstić information content (AvgIpc) is 3.11. The van der Waals surface area contributed by atoms with Gasteiger partial charge in [0.25, 0.3) is 0 Å². The number of aromatic nitrogens is 2. The van der Waals surface area contributed by atoms with Crippen LogP contribution in [0.5, 0.6) is 0 Å². The van der Waals surface area contributed by atoms with Crippen molar-refractivity contribution >= 4 is 22.4 Å². The normalized spacial score (nSPS) is 18.0. The predicted octanol–water partition coefficient (Wildman–Crippen LogP) is 4.77. The average molecular weight is 376 g/mol. The lowest BCUT2D eigenvalue weighted by atomic mass is 9.96. The highest BCUT2D eigenvalue weighted by Gasteiger charge is 2.15. The molecule has 4 heteroatoms. The number of pyridine rings is 1. The number of hydrogen-bond acceptors (Lipinski definition) is 3. The van der Waals surface area contributed by atoms with Gasteiger partial charge in [-0.05, 0) is 68.0 Å². The van der Waals surface area contributed by atoms with Crippen molar-refractivity contribution in [2.75, 3.05) is 19.6 Å². The molecule has 0 aromatic carbocycles. The summed E-state index contributed by atoms with van der Waals surface area (Å²) in [6.45, 7) is 8.10. The Labute approximate surface area is 167 Å². The molecule has 0 unspecified atom stereocenters. The zero-order valence-electron chi connectivity index (χ0n) is 16.9. The second-order valence-electron chi connectivity index (χ2n) is 7.93. The van der Waals surface area contributed by atoms with Gasteiger partial charge in [0.15, 0.2) is 5.78 Å². The van der Waals surface area contributed by atoms with Gasteiger partial charge in [-0.3, -0.25) is 9.69 Å². The third-order valence-corrected chi connectivity index (χ3v) is 5.87. The number of rotatable bonds is 6. The number of Topliss-reactive ketones (excluding diaryl/α,β-unsaturated/α-hetero) is 1. The summed E-state index contributed by atoms with van der Waals surface area (Å²) in [5, 5.41) is 1.20. The molecule has 28 heavy (non-hydrogen) atoms. The Bertz CT molecular complexity index is 977. The van der Waals surface area contributed by atoms with Gasteiger partial charge < -0.3 is 4.57 Å². The molecule has 3 heterocycles. The quantitative estimate of drug-likeness (QED) is 0.730. The van der Waals surface area contributed by atoms with E-state index in [9.17, 15) is 4.79 Å². The van der Waals surface area contributed by atoms with Gasteiger partial charge in [0.1, 0.15) is 5.65 Å². The summed E-state index contributed by atoms with van der Waals surface area (Å²) < 4.78 is 2.22. The number of ketones is 1. The molecule has 1 aliphatic carbocycles. The van der Waals surface area contributed by atoms with Crippen LogP contribution in [0.15, 0.2) is 53.9 Å². The van der Waals surface area contributed by atoms with Crippen LogP contribution < -0.4 is 0 Å². The van der Waals surface area contributed by atoms with E-state index in [4.69, 9.17) is 4.98 Å². The Morgan fingerprint density at radius 3 is 2.79 bits per heavy atom. The minimum atomic E-state index is 0.186. The number of carbonyl (C=O) groups is 1. The molecular weight excluding hydrogens is 346 g/mol. The van der Waals surface area contributed by atoms with Gasteiger partial charge in [0, 0.05) is 37.4 Å². The van der Waals surface area contributed by atoms with Crippen LogP contribution >= 0.6 is 0 Å². The second-order valence-corrected chi connectivity index (χ2v) is 7.93. The first-order valence-corrected chi connectivity index (χ1v) is 10.4. The van der Waals surface area contributed by atoms with Crippen molar-refractivity contribution in [2.45, 2.75) is 46.1 Å². The Kier molecular flexibility index (Phi) is 5.58. The zero-order chi connectivity index (χ0) is 19.5. The van der Waals surface area contributed by atoms with Crippen LogP contribution in [0.4, 0.5) is 0 Å². The number of nitrogens with zero attached hydrogens (tertiary/aromatic N) is 3. The molecule has 0 amide bonds. The minimum absolute atomic E-state index is 0.186. The molecule has 0 radical (unpaired) electrons. The lowest BCUT2D eigenvalue weighted by Gasteiger charge is -2.25. The number of allylic oxidation sites excluding steroid dienone is 4. The van der Waals surface area contributed by atoms with Crippen LogP contribution in [0, 0.1) is 0 Å². The molecule has 4 rings (SSSR count). The highest BCUT2D eigenvalue weighted by molar-refractivity contribution is 5.93. The first-order chi connectivity index (χ1) is 13.6. The van der Waals surface area contributed by atoms with Crippen molar-refractivity contribution in [3.05, 3.63) is 59.5 Å². The third kappa shape index (κ3) is 4.02. The van der Waals surface area contributed by atoms with Crippen molar-refractivity contribution in [3.63, 3.8) is 0 Å². The molecule has 2 aromatic rings. The molecule has 4 nitrogen and oxygen atoms in total. The standard InChI is InChI=1S/C24H29N3O/c1-3-11-26-12-8-21(9-13-26)23-15-22-10-14-27(24(22)25-16-23)17-19-4-6-20(7-5-19)18(2)28/h4,6,8,10,14-16H,3,5,7,9,11-13,17H2,1-2H3. The topological polar surface area (TPSA) is 38.1 Å². The van der Waals surface area contributed by atoms with E-state index in [2.05, 4.69) is 46.9 Å². The van der Waals surface area contributed by atoms with E-state index in [0.717, 1.165) is 50.1 Å². The summed E-state index contributed by atoms with van der Waals surface area (Å²) in [4.78, 5) is 18.8. The molecule has 0 spiro atoms. The Morgan fingerprint density at radius 2 is 2.11 bits per heavy atom. The lowest BCUT2D eigenvalue weighted by Crippen LogP contribution is -2.29. The van der Waals surface area contributed by atoms with E-state index in [1.165, 1.54) is 35.1 Å². The molecular formula is C24H29N3O. The molecule has 1 aliphatic heterocycles. The van der Waals surface area contributed by atoms with Crippen LogP contribution in [-0.4, -0.2) is 39.9 Å². The fourth-order valence-electron chi connectivity index (χ4n) is 4.20. The molecule has 2 aromatic heterocycles. The van der Waals surface area contributed by atoms with E-state index in [1.54, 1.807) is 6.92 Å². The fraction of sp³-hybridized carbons (Fsp3) is 0.417. The van der Waals surface area contributed by atoms with E-state index >= 15 is 0 Å². The van der Waals surface area contributed by atoms with Crippen LogP contribution in [0.2, 0.25) is 0 Å². The number of carbonyl (C=O) groups excluding carboxylic acids is 1. The van der Waals surface area contributed by atoms with Crippen molar-refractivity contribution in [1.82, 2.24) is 14.5 Å². The third-order valence-electron chi connectivity index (χ3n) is 5.87. The van der Waals surface area contributed by atoms with E-state index in [1.807, 2.05) is 12.3 Å². The first kappa shape index (κ1) is 18.9. The summed E-state index contributed by atoms with van der Waals surface area (Å²) in [6, 6.07) is 4.45. The lowest BCUT2D eigenvalue weighted by molar-refractivity contribution is -0.113. The monoisotopic (exact) mass is 375 g/mol. The van der Waals surface area contributed by atoms with Crippen LogP contribution in [0.1, 0.15) is 45.1 Å². The van der Waals surface area contributed by atoms with Gasteiger partial charge in [-0.2, -0.15) is 0 Å². The SMILES string of the molecule is CCCN1CC=C(c2cnc3c(ccn3CC3=CC=C(C(C)=O)CC3)c2)CC1. The van der Waals surface area contributed by atoms with Gasteiger partial charge in [0.2, 0.25) is 0 Å². The van der Waals surface area contributed by atoms with E-state index in [0.29, 0.717) is 0 Å². The largest absolute Gasteiger partial charge is 0.328 e. The van der Waals surface area contributed by atoms with Crippen molar-refractivity contribution in [1.29, 1.82) is 0 Å². The maximum atomic E-state index is 11.5. The molecule has 0 N–H and O–H groups in total. The van der Waals surface area contributed by atoms with Crippen LogP contribution in [0.25, 0.3) is 16.6 Å². The summed E-state index contributed by atoms with van der Waals surface area (Å²) in [6.07, 6.45) is 14.7. The predicted molar refractivity (Wildman–Crippen MR) is 115 cm³/mol. The maximum absolute atomic E-state index is 11.5. The Morgan fingerprint density at radius 1 is 1.21 bits per heavy atom. The molecule has 0 bridgehead atoms. The van der Waals surface area contributed by atoms with E-state index < -0.39 is 0 Å². The van der Waals surface area contributed by atoms with E-state index in [-0.39, 0.29) is 5.78 Å².